The van der Waals surface area contributed by atoms with Crippen molar-refractivity contribution >= 4 is 0 Å². The molecule has 3 heteroatoms. The molecule has 0 saturated carbocycles. The van der Waals surface area contributed by atoms with E-state index in [1.807, 2.05) is 26.0 Å². The number of benzene rings is 1. The molecule has 16 heavy (non-hydrogen) atoms. The molecule has 0 aliphatic carbocycles. The Kier molecular flexibility index (Phi) is 5.29. The van der Waals surface area contributed by atoms with Gasteiger partial charge >= 0.3 is 0 Å². The first-order valence-electron chi connectivity index (χ1n) is 5.71. The van der Waals surface area contributed by atoms with Crippen molar-refractivity contribution in [3.8, 4) is 5.75 Å². The monoisotopic (exact) mass is 223 g/mol. The van der Waals surface area contributed by atoms with Crippen molar-refractivity contribution in [2.24, 2.45) is 5.73 Å². The fourth-order valence-corrected chi connectivity index (χ4v) is 1.51. The van der Waals surface area contributed by atoms with Crippen molar-refractivity contribution in [2.75, 3.05) is 19.8 Å². The van der Waals surface area contributed by atoms with Gasteiger partial charge in [0.25, 0.3) is 0 Å². The average molecular weight is 223 g/mol. The van der Waals surface area contributed by atoms with Gasteiger partial charge in [0.1, 0.15) is 12.4 Å². The Hall–Kier alpha value is -1.06. The van der Waals surface area contributed by atoms with Crippen molar-refractivity contribution in [3.63, 3.8) is 0 Å². The van der Waals surface area contributed by atoms with E-state index < -0.39 is 0 Å². The molecule has 1 rings (SSSR count). The van der Waals surface area contributed by atoms with Crippen molar-refractivity contribution in [3.05, 3.63) is 29.3 Å². The molecule has 0 amide bonds. The van der Waals surface area contributed by atoms with Crippen LogP contribution in [0.2, 0.25) is 0 Å². The van der Waals surface area contributed by atoms with E-state index in [-0.39, 0.29) is 6.04 Å². The Morgan fingerprint density at radius 2 is 2.06 bits per heavy atom. The summed E-state index contributed by atoms with van der Waals surface area (Å²) in [7, 11) is 0. The van der Waals surface area contributed by atoms with Crippen LogP contribution in [0.3, 0.4) is 0 Å². The summed E-state index contributed by atoms with van der Waals surface area (Å²) in [4.78, 5) is 0. The second-order valence-corrected chi connectivity index (χ2v) is 3.88. The lowest BCUT2D eigenvalue weighted by atomic mass is 10.1. The Balaban J connectivity index is 2.64. The van der Waals surface area contributed by atoms with Crippen LogP contribution in [0.15, 0.2) is 18.2 Å². The fourth-order valence-electron chi connectivity index (χ4n) is 1.51. The third kappa shape index (κ3) is 3.83. The van der Waals surface area contributed by atoms with Crippen molar-refractivity contribution in [1.82, 2.24) is 0 Å². The Labute approximate surface area is 97.6 Å². The predicted molar refractivity (Wildman–Crippen MR) is 65.8 cm³/mol. The van der Waals surface area contributed by atoms with Gasteiger partial charge < -0.3 is 15.2 Å². The predicted octanol–water partition coefficient (Wildman–Crippen LogP) is 2.43. The Morgan fingerprint density at radius 1 is 1.31 bits per heavy atom. The Morgan fingerprint density at radius 3 is 2.69 bits per heavy atom. The summed E-state index contributed by atoms with van der Waals surface area (Å²) in [6, 6.07) is 6.06. The third-order valence-electron chi connectivity index (χ3n) is 2.35. The number of ether oxygens (including phenoxy) is 2. The van der Waals surface area contributed by atoms with Crippen LogP contribution in [0.4, 0.5) is 0 Å². The largest absolute Gasteiger partial charge is 0.491 e. The minimum absolute atomic E-state index is 0.0120. The van der Waals surface area contributed by atoms with Crippen LogP contribution in [0.25, 0.3) is 0 Å². The van der Waals surface area contributed by atoms with Gasteiger partial charge in [-0.15, -0.1) is 0 Å². The van der Waals surface area contributed by atoms with Crippen LogP contribution in [-0.4, -0.2) is 19.8 Å². The van der Waals surface area contributed by atoms with Crippen LogP contribution < -0.4 is 10.5 Å². The molecular formula is C13H21NO2. The number of hydrogen-bond acceptors (Lipinski definition) is 3. The van der Waals surface area contributed by atoms with Gasteiger partial charge in [0.15, 0.2) is 0 Å². The number of nitrogens with two attached hydrogens (primary N) is 1. The summed E-state index contributed by atoms with van der Waals surface area (Å²) in [6.45, 7) is 7.89. The number of aryl methyl sites for hydroxylation is 1. The highest BCUT2D eigenvalue weighted by Crippen LogP contribution is 2.24. The maximum absolute atomic E-state index is 5.90. The second-order valence-electron chi connectivity index (χ2n) is 3.88. The average Bonchev–Trinajstić information content (AvgIpc) is 2.26. The molecule has 1 aromatic carbocycles. The van der Waals surface area contributed by atoms with Crippen LogP contribution in [0, 0.1) is 6.92 Å². The van der Waals surface area contributed by atoms with Crippen LogP contribution >= 0.6 is 0 Å². The summed E-state index contributed by atoms with van der Waals surface area (Å²) in [5, 5.41) is 0. The van der Waals surface area contributed by atoms with Gasteiger partial charge in [-0.2, -0.15) is 0 Å². The summed E-state index contributed by atoms with van der Waals surface area (Å²) < 4.78 is 10.9. The molecule has 1 atom stereocenters. The molecule has 0 aromatic heterocycles. The van der Waals surface area contributed by atoms with Crippen LogP contribution in [0.1, 0.15) is 31.0 Å². The molecule has 2 N–H and O–H groups in total. The molecule has 0 aliphatic rings. The third-order valence-corrected chi connectivity index (χ3v) is 2.35. The lowest BCUT2D eigenvalue weighted by Gasteiger charge is -2.14. The molecule has 1 aromatic rings. The van der Waals surface area contributed by atoms with E-state index in [2.05, 4.69) is 13.0 Å². The van der Waals surface area contributed by atoms with Crippen LogP contribution in [0.5, 0.6) is 5.75 Å². The van der Waals surface area contributed by atoms with Gasteiger partial charge in [0.2, 0.25) is 0 Å². The summed E-state index contributed by atoms with van der Waals surface area (Å²) >= 11 is 0. The van der Waals surface area contributed by atoms with Gasteiger partial charge in [-0.1, -0.05) is 17.7 Å². The summed E-state index contributed by atoms with van der Waals surface area (Å²) in [5.74, 6) is 0.861. The zero-order valence-corrected chi connectivity index (χ0v) is 10.3. The lowest BCUT2D eigenvalue weighted by Crippen LogP contribution is -2.11. The first kappa shape index (κ1) is 13.0. The smallest absolute Gasteiger partial charge is 0.124 e. The van der Waals surface area contributed by atoms with E-state index in [9.17, 15) is 0 Å². The number of rotatable bonds is 6. The van der Waals surface area contributed by atoms with E-state index >= 15 is 0 Å². The first-order chi connectivity index (χ1) is 7.65. The van der Waals surface area contributed by atoms with Gasteiger partial charge in [0, 0.05) is 18.2 Å². The normalized spacial score (nSPS) is 12.5. The van der Waals surface area contributed by atoms with Crippen LogP contribution in [-0.2, 0) is 4.74 Å². The highest BCUT2D eigenvalue weighted by molar-refractivity contribution is 5.38. The van der Waals surface area contributed by atoms with E-state index in [4.69, 9.17) is 15.2 Å². The molecule has 3 nitrogen and oxygen atoms in total. The van der Waals surface area contributed by atoms with E-state index in [1.165, 1.54) is 5.56 Å². The molecule has 90 valence electrons. The van der Waals surface area contributed by atoms with Crippen molar-refractivity contribution < 1.29 is 9.47 Å². The van der Waals surface area contributed by atoms with Gasteiger partial charge in [-0.05, 0) is 26.8 Å². The summed E-state index contributed by atoms with van der Waals surface area (Å²) in [5.41, 5.74) is 8.15. The standard InChI is InChI=1S/C13H21NO2/c1-4-15-7-8-16-13-6-5-10(2)9-12(13)11(3)14/h5-6,9,11H,4,7-8,14H2,1-3H3/t11-/m1/s1. The molecule has 0 unspecified atom stereocenters. The molecule has 0 aliphatic heterocycles. The molecular weight excluding hydrogens is 202 g/mol. The maximum Gasteiger partial charge on any atom is 0.124 e. The zero-order chi connectivity index (χ0) is 12.0. The number of hydrogen-bond donors (Lipinski definition) is 1. The molecule has 0 bridgehead atoms. The van der Waals surface area contributed by atoms with Gasteiger partial charge in [-0.25, -0.2) is 0 Å². The first-order valence-corrected chi connectivity index (χ1v) is 5.71. The minimum Gasteiger partial charge on any atom is -0.491 e. The fraction of sp³-hybridized carbons (Fsp3) is 0.538. The summed E-state index contributed by atoms with van der Waals surface area (Å²) in [6.07, 6.45) is 0. The highest BCUT2D eigenvalue weighted by atomic mass is 16.5. The highest BCUT2D eigenvalue weighted by Gasteiger charge is 2.08. The van der Waals surface area contributed by atoms with E-state index in [1.54, 1.807) is 0 Å². The molecule has 0 saturated heterocycles. The lowest BCUT2D eigenvalue weighted by molar-refractivity contribution is 0.109. The van der Waals surface area contributed by atoms with E-state index in [0.29, 0.717) is 13.2 Å². The Bertz CT molecular complexity index is 324. The molecule has 0 fully saturated rings. The van der Waals surface area contributed by atoms with Gasteiger partial charge in [-0.3, -0.25) is 0 Å². The SMILES string of the molecule is CCOCCOc1ccc(C)cc1[C@@H](C)N. The molecule has 0 heterocycles. The quantitative estimate of drug-likeness (QED) is 0.753. The second kappa shape index (κ2) is 6.51. The maximum atomic E-state index is 5.90. The van der Waals surface area contributed by atoms with Crippen molar-refractivity contribution in [1.29, 1.82) is 0 Å². The minimum atomic E-state index is -0.0120. The molecule has 0 radical (unpaired) electrons. The van der Waals surface area contributed by atoms with E-state index in [0.717, 1.165) is 17.9 Å². The molecule has 0 spiro atoms. The zero-order valence-electron chi connectivity index (χ0n) is 10.3. The van der Waals surface area contributed by atoms with Gasteiger partial charge in [0.05, 0.1) is 6.61 Å². The van der Waals surface area contributed by atoms with Crippen molar-refractivity contribution in [2.45, 2.75) is 26.8 Å². The topological polar surface area (TPSA) is 44.5 Å².